The van der Waals surface area contributed by atoms with Crippen LogP contribution >= 0.6 is 0 Å². The molecule has 0 spiro atoms. The predicted molar refractivity (Wildman–Crippen MR) is 112 cm³/mol. The van der Waals surface area contributed by atoms with Gasteiger partial charge in [0.05, 0.1) is 0 Å². The number of fused-ring (bicyclic) bond motifs is 1. The van der Waals surface area contributed by atoms with E-state index in [0.29, 0.717) is 0 Å². The van der Waals surface area contributed by atoms with Crippen LogP contribution in [0.4, 0.5) is 5.69 Å². The molecule has 4 nitrogen and oxygen atoms in total. The molecular formula is C23H27N3O. The third-order valence-electron chi connectivity index (χ3n) is 5.68. The van der Waals surface area contributed by atoms with E-state index in [9.17, 15) is 4.79 Å². The summed E-state index contributed by atoms with van der Waals surface area (Å²) in [5, 5.41) is 1.18. The van der Waals surface area contributed by atoms with Crippen molar-refractivity contribution in [1.82, 2.24) is 9.47 Å². The van der Waals surface area contributed by atoms with Crippen molar-refractivity contribution in [2.24, 2.45) is 0 Å². The molecule has 0 bridgehead atoms. The highest BCUT2D eigenvalue weighted by atomic mass is 16.2. The van der Waals surface area contributed by atoms with Gasteiger partial charge in [0.1, 0.15) is 5.69 Å². The van der Waals surface area contributed by atoms with E-state index in [1.807, 2.05) is 17.0 Å². The molecule has 0 atom stereocenters. The standard InChI is InChI=1S/C23H27N3O/c1-4-26-21-11-6-5-10-20(21)18(3)22(26)23(27)25-14-12-24(13-15-25)19-9-7-8-17(2)16-19/h5-11,16H,4,12-15H2,1-3H3. The average molecular weight is 361 g/mol. The van der Waals surface area contributed by atoms with Gasteiger partial charge in [0.2, 0.25) is 0 Å². The van der Waals surface area contributed by atoms with Crippen LogP contribution in [0.3, 0.4) is 0 Å². The van der Waals surface area contributed by atoms with Crippen molar-refractivity contribution in [1.29, 1.82) is 0 Å². The van der Waals surface area contributed by atoms with Crippen molar-refractivity contribution in [3.63, 3.8) is 0 Å². The van der Waals surface area contributed by atoms with Gasteiger partial charge < -0.3 is 14.4 Å². The molecule has 3 aromatic rings. The molecule has 0 N–H and O–H groups in total. The van der Waals surface area contributed by atoms with Gasteiger partial charge in [0, 0.05) is 49.3 Å². The molecule has 4 heteroatoms. The summed E-state index contributed by atoms with van der Waals surface area (Å²) in [7, 11) is 0. The monoisotopic (exact) mass is 361 g/mol. The van der Waals surface area contributed by atoms with E-state index in [2.05, 4.69) is 66.6 Å². The number of hydrogen-bond acceptors (Lipinski definition) is 2. The molecule has 140 valence electrons. The lowest BCUT2D eigenvalue weighted by Crippen LogP contribution is -2.49. The summed E-state index contributed by atoms with van der Waals surface area (Å²) in [6.45, 7) is 10.4. The molecule has 2 heterocycles. The smallest absolute Gasteiger partial charge is 0.270 e. The molecule has 0 unspecified atom stereocenters. The molecule has 27 heavy (non-hydrogen) atoms. The number of aryl methyl sites for hydroxylation is 3. The summed E-state index contributed by atoms with van der Waals surface area (Å²) >= 11 is 0. The molecular weight excluding hydrogens is 334 g/mol. The maximum Gasteiger partial charge on any atom is 0.270 e. The van der Waals surface area contributed by atoms with Crippen LogP contribution in [-0.4, -0.2) is 41.6 Å². The SMILES string of the molecule is CCn1c(C(=O)N2CCN(c3cccc(C)c3)CC2)c(C)c2ccccc21. The molecule has 4 rings (SSSR count). The largest absolute Gasteiger partial charge is 0.368 e. The van der Waals surface area contributed by atoms with Crippen LogP contribution in [0.25, 0.3) is 10.9 Å². The zero-order valence-corrected chi connectivity index (χ0v) is 16.4. The van der Waals surface area contributed by atoms with Gasteiger partial charge in [-0.05, 0) is 50.1 Å². The van der Waals surface area contributed by atoms with Crippen molar-refractivity contribution in [2.75, 3.05) is 31.1 Å². The van der Waals surface area contributed by atoms with Crippen LogP contribution in [0, 0.1) is 13.8 Å². The van der Waals surface area contributed by atoms with Gasteiger partial charge in [0.15, 0.2) is 0 Å². The minimum absolute atomic E-state index is 0.162. The zero-order valence-electron chi connectivity index (χ0n) is 16.4. The van der Waals surface area contributed by atoms with Crippen LogP contribution in [0.5, 0.6) is 0 Å². The van der Waals surface area contributed by atoms with Crippen LogP contribution in [0.15, 0.2) is 48.5 Å². The number of anilines is 1. The molecule has 0 saturated carbocycles. The van der Waals surface area contributed by atoms with E-state index in [1.54, 1.807) is 0 Å². The van der Waals surface area contributed by atoms with E-state index >= 15 is 0 Å². The number of aromatic nitrogens is 1. The van der Waals surface area contributed by atoms with Crippen molar-refractivity contribution in [3.05, 3.63) is 65.4 Å². The highest BCUT2D eigenvalue weighted by Gasteiger charge is 2.27. The van der Waals surface area contributed by atoms with E-state index in [1.165, 1.54) is 16.6 Å². The van der Waals surface area contributed by atoms with Gasteiger partial charge in [0.25, 0.3) is 5.91 Å². The van der Waals surface area contributed by atoms with E-state index < -0.39 is 0 Å². The quantitative estimate of drug-likeness (QED) is 0.698. The Morgan fingerprint density at radius 1 is 0.963 bits per heavy atom. The number of carbonyl (C=O) groups excluding carboxylic acids is 1. The second kappa shape index (κ2) is 7.10. The topological polar surface area (TPSA) is 28.5 Å². The summed E-state index contributed by atoms with van der Waals surface area (Å²) < 4.78 is 2.17. The minimum Gasteiger partial charge on any atom is -0.368 e. The van der Waals surface area contributed by atoms with E-state index in [-0.39, 0.29) is 5.91 Å². The molecule has 0 radical (unpaired) electrons. The van der Waals surface area contributed by atoms with Crippen molar-refractivity contribution in [2.45, 2.75) is 27.3 Å². The second-order valence-electron chi connectivity index (χ2n) is 7.35. The first-order valence-electron chi connectivity index (χ1n) is 9.79. The molecule has 1 saturated heterocycles. The lowest BCUT2D eigenvalue weighted by Gasteiger charge is -2.36. The number of amides is 1. The van der Waals surface area contributed by atoms with Crippen molar-refractivity contribution in [3.8, 4) is 0 Å². The molecule has 2 aromatic carbocycles. The number of para-hydroxylation sites is 1. The second-order valence-corrected chi connectivity index (χ2v) is 7.35. The predicted octanol–water partition coefficient (Wildman–Crippen LogP) is 4.24. The third kappa shape index (κ3) is 3.09. The number of piperazine rings is 1. The van der Waals surface area contributed by atoms with Gasteiger partial charge in [-0.1, -0.05) is 30.3 Å². The molecule has 1 aliphatic heterocycles. The number of nitrogens with zero attached hydrogens (tertiary/aromatic N) is 3. The molecule has 1 aromatic heterocycles. The Morgan fingerprint density at radius 3 is 2.41 bits per heavy atom. The molecule has 1 amide bonds. The Hall–Kier alpha value is -2.75. The Morgan fingerprint density at radius 2 is 1.70 bits per heavy atom. The lowest BCUT2D eigenvalue weighted by atomic mass is 10.1. The van der Waals surface area contributed by atoms with Gasteiger partial charge >= 0.3 is 0 Å². The van der Waals surface area contributed by atoms with E-state index in [0.717, 1.165) is 49.5 Å². The van der Waals surface area contributed by atoms with Crippen molar-refractivity contribution >= 4 is 22.5 Å². The number of rotatable bonds is 3. The van der Waals surface area contributed by atoms with Gasteiger partial charge in [-0.15, -0.1) is 0 Å². The van der Waals surface area contributed by atoms with Crippen LogP contribution in [0.2, 0.25) is 0 Å². The summed E-state index contributed by atoms with van der Waals surface area (Å²) in [6, 6.07) is 16.9. The van der Waals surface area contributed by atoms with Gasteiger partial charge in [-0.2, -0.15) is 0 Å². The molecule has 0 aliphatic carbocycles. The minimum atomic E-state index is 0.162. The fraction of sp³-hybridized carbons (Fsp3) is 0.348. The van der Waals surface area contributed by atoms with Crippen LogP contribution < -0.4 is 4.90 Å². The molecule has 1 fully saturated rings. The number of carbonyl (C=O) groups is 1. The van der Waals surface area contributed by atoms with Gasteiger partial charge in [-0.25, -0.2) is 0 Å². The first kappa shape index (κ1) is 17.7. The van der Waals surface area contributed by atoms with E-state index in [4.69, 9.17) is 0 Å². The lowest BCUT2D eigenvalue weighted by molar-refractivity contribution is 0.0735. The zero-order chi connectivity index (χ0) is 19.0. The average Bonchev–Trinajstić information content (AvgIpc) is 2.99. The summed E-state index contributed by atoms with van der Waals surface area (Å²) in [5.41, 5.74) is 5.62. The fourth-order valence-electron chi connectivity index (χ4n) is 4.22. The Balaban J connectivity index is 1.57. The Labute approximate surface area is 161 Å². The first-order chi connectivity index (χ1) is 13.1. The van der Waals surface area contributed by atoms with Crippen molar-refractivity contribution < 1.29 is 4.79 Å². The number of benzene rings is 2. The van der Waals surface area contributed by atoms with Crippen LogP contribution in [-0.2, 0) is 6.54 Å². The Bertz CT molecular complexity index is 980. The highest BCUT2D eigenvalue weighted by molar-refractivity contribution is 6.01. The fourth-order valence-corrected chi connectivity index (χ4v) is 4.22. The van der Waals surface area contributed by atoms with Crippen LogP contribution in [0.1, 0.15) is 28.5 Å². The highest BCUT2D eigenvalue weighted by Crippen LogP contribution is 2.27. The summed E-state index contributed by atoms with van der Waals surface area (Å²) in [4.78, 5) is 17.7. The first-order valence-corrected chi connectivity index (χ1v) is 9.79. The van der Waals surface area contributed by atoms with Gasteiger partial charge in [-0.3, -0.25) is 4.79 Å². The maximum atomic E-state index is 13.4. The third-order valence-corrected chi connectivity index (χ3v) is 5.68. The molecule has 1 aliphatic rings. The Kier molecular flexibility index (Phi) is 4.65. The normalized spacial score (nSPS) is 14.8. The maximum absolute atomic E-state index is 13.4. The number of hydrogen-bond donors (Lipinski definition) is 0. The summed E-state index contributed by atoms with van der Waals surface area (Å²) in [6.07, 6.45) is 0. The summed E-state index contributed by atoms with van der Waals surface area (Å²) in [5.74, 6) is 0.162.